The summed E-state index contributed by atoms with van der Waals surface area (Å²) in [4.78, 5) is 15.4. The normalized spacial score (nSPS) is 10.2. The fourth-order valence-electron chi connectivity index (χ4n) is 1.52. The molecule has 0 bridgehead atoms. The van der Waals surface area contributed by atoms with Crippen LogP contribution in [-0.4, -0.2) is 18.1 Å². The molecule has 0 fully saturated rings. The van der Waals surface area contributed by atoms with Gasteiger partial charge >= 0.3 is 5.97 Å². The molecule has 5 nitrogen and oxygen atoms in total. The van der Waals surface area contributed by atoms with Crippen LogP contribution in [0.5, 0.6) is 11.6 Å². The molecule has 0 aliphatic carbocycles. The molecule has 104 valence electrons. The molecule has 0 spiro atoms. The lowest BCUT2D eigenvalue weighted by molar-refractivity contribution is 0.0601. The average Bonchev–Trinajstić information content (AvgIpc) is 2.39. The molecule has 0 radical (unpaired) electrons. The number of hydrogen-bond acceptors (Lipinski definition) is 5. The quantitative estimate of drug-likeness (QED) is 0.868. The van der Waals surface area contributed by atoms with E-state index in [-0.39, 0.29) is 22.9 Å². The third kappa shape index (κ3) is 3.05. The lowest BCUT2D eigenvalue weighted by Gasteiger charge is -2.10. The van der Waals surface area contributed by atoms with Gasteiger partial charge in [0, 0.05) is 16.7 Å². The Balaban J connectivity index is 2.36. The molecule has 2 N–H and O–H groups in total. The number of nitrogens with zero attached hydrogens (tertiary/aromatic N) is 1. The molecule has 0 atom stereocenters. The van der Waals surface area contributed by atoms with E-state index in [2.05, 4.69) is 25.7 Å². The standard InChI is InChI=1S/C13H10BrFN2O3/c1-19-13(18)10-2-3-17-12(11(10)16)20-9-5-7(14)4-8(15)6-9/h2-6H,16H2,1H3. The van der Waals surface area contributed by atoms with E-state index in [1.54, 1.807) is 6.07 Å². The summed E-state index contributed by atoms with van der Waals surface area (Å²) in [5, 5.41) is 0. The first-order chi connectivity index (χ1) is 9.51. The number of nitrogens with two attached hydrogens (primary N) is 1. The molecule has 2 rings (SSSR count). The monoisotopic (exact) mass is 340 g/mol. The van der Waals surface area contributed by atoms with Crippen molar-refractivity contribution in [3.63, 3.8) is 0 Å². The van der Waals surface area contributed by atoms with Crippen molar-refractivity contribution in [1.29, 1.82) is 0 Å². The topological polar surface area (TPSA) is 74.4 Å². The van der Waals surface area contributed by atoms with Gasteiger partial charge in [0.1, 0.15) is 17.3 Å². The third-order valence-electron chi connectivity index (χ3n) is 2.41. The van der Waals surface area contributed by atoms with E-state index >= 15 is 0 Å². The zero-order valence-corrected chi connectivity index (χ0v) is 12.0. The van der Waals surface area contributed by atoms with Crippen LogP contribution in [0.25, 0.3) is 0 Å². The predicted octanol–water partition coefficient (Wildman–Crippen LogP) is 3.14. The molecule has 7 heteroatoms. The van der Waals surface area contributed by atoms with Gasteiger partial charge < -0.3 is 15.2 Å². The van der Waals surface area contributed by atoms with E-state index in [1.165, 1.54) is 31.5 Å². The molecule has 1 aromatic carbocycles. The Hall–Kier alpha value is -2.15. The van der Waals surface area contributed by atoms with Crippen LogP contribution in [0.15, 0.2) is 34.9 Å². The zero-order valence-electron chi connectivity index (χ0n) is 10.4. The first-order valence-corrected chi connectivity index (χ1v) is 6.27. The largest absolute Gasteiger partial charge is 0.465 e. The zero-order chi connectivity index (χ0) is 14.7. The summed E-state index contributed by atoms with van der Waals surface area (Å²) in [6.45, 7) is 0. The molecule has 2 aromatic rings. The molecular weight excluding hydrogens is 331 g/mol. The number of benzene rings is 1. The number of methoxy groups -OCH3 is 1. The molecule has 1 aromatic heterocycles. The number of rotatable bonds is 3. The van der Waals surface area contributed by atoms with Gasteiger partial charge in [-0.2, -0.15) is 0 Å². The minimum atomic E-state index is -0.602. The van der Waals surface area contributed by atoms with Crippen molar-refractivity contribution in [3.8, 4) is 11.6 Å². The van der Waals surface area contributed by atoms with Crippen molar-refractivity contribution in [3.05, 3.63) is 46.3 Å². The Labute approximate surface area is 122 Å². The summed E-state index contributed by atoms with van der Waals surface area (Å²) >= 11 is 3.15. The number of hydrogen-bond donors (Lipinski definition) is 1. The van der Waals surface area contributed by atoms with E-state index in [0.29, 0.717) is 4.47 Å². The van der Waals surface area contributed by atoms with Gasteiger partial charge in [0.25, 0.3) is 0 Å². The Kier molecular flexibility index (Phi) is 4.19. The lowest BCUT2D eigenvalue weighted by Crippen LogP contribution is -2.07. The Morgan fingerprint density at radius 2 is 2.15 bits per heavy atom. The average molecular weight is 341 g/mol. The van der Waals surface area contributed by atoms with E-state index < -0.39 is 11.8 Å². The van der Waals surface area contributed by atoms with E-state index in [9.17, 15) is 9.18 Å². The summed E-state index contributed by atoms with van der Waals surface area (Å²) < 4.78 is 23.8. The number of anilines is 1. The molecule has 0 saturated heterocycles. The van der Waals surface area contributed by atoms with Crippen LogP contribution in [-0.2, 0) is 4.74 Å². The van der Waals surface area contributed by atoms with Gasteiger partial charge in [-0.1, -0.05) is 15.9 Å². The minimum Gasteiger partial charge on any atom is -0.465 e. The van der Waals surface area contributed by atoms with Crippen molar-refractivity contribution in [2.75, 3.05) is 12.8 Å². The fraction of sp³-hybridized carbons (Fsp3) is 0.0769. The summed E-state index contributed by atoms with van der Waals surface area (Å²) in [6, 6.07) is 5.43. The highest BCUT2D eigenvalue weighted by Gasteiger charge is 2.15. The van der Waals surface area contributed by atoms with Crippen LogP contribution in [0.2, 0.25) is 0 Å². The summed E-state index contributed by atoms with van der Waals surface area (Å²) in [6.07, 6.45) is 1.35. The van der Waals surface area contributed by atoms with Crippen molar-refractivity contribution >= 4 is 27.6 Å². The second-order valence-corrected chi connectivity index (χ2v) is 4.69. The molecule has 0 amide bonds. The number of aromatic nitrogens is 1. The Morgan fingerprint density at radius 1 is 1.40 bits per heavy atom. The number of carbonyl (C=O) groups is 1. The van der Waals surface area contributed by atoms with Crippen LogP contribution < -0.4 is 10.5 Å². The molecule has 1 heterocycles. The highest BCUT2D eigenvalue weighted by atomic mass is 79.9. The number of halogens is 2. The van der Waals surface area contributed by atoms with Gasteiger partial charge in [0.15, 0.2) is 0 Å². The Bertz CT molecular complexity index is 644. The van der Waals surface area contributed by atoms with Crippen LogP contribution >= 0.6 is 15.9 Å². The van der Waals surface area contributed by atoms with Crippen LogP contribution in [0, 0.1) is 5.82 Å². The molecular formula is C13H10BrFN2O3. The highest BCUT2D eigenvalue weighted by Crippen LogP contribution is 2.30. The van der Waals surface area contributed by atoms with Gasteiger partial charge in [-0.25, -0.2) is 14.2 Å². The van der Waals surface area contributed by atoms with E-state index in [1.807, 2.05) is 0 Å². The van der Waals surface area contributed by atoms with Crippen molar-refractivity contribution in [2.45, 2.75) is 0 Å². The third-order valence-corrected chi connectivity index (χ3v) is 2.87. The molecule has 20 heavy (non-hydrogen) atoms. The molecule has 0 unspecified atom stereocenters. The highest BCUT2D eigenvalue weighted by molar-refractivity contribution is 9.10. The maximum atomic E-state index is 13.3. The number of carbonyl (C=O) groups excluding carboxylic acids is 1. The van der Waals surface area contributed by atoms with Crippen molar-refractivity contribution in [2.24, 2.45) is 0 Å². The second-order valence-electron chi connectivity index (χ2n) is 3.78. The van der Waals surface area contributed by atoms with Crippen LogP contribution in [0.4, 0.5) is 10.1 Å². The van der Waals surface area contributed by atoms with Crippen molar-refractivity contribution in [1.82, 2.24) is 4.98 Å². The summed E-state index contributed by atoms with van der Waals surface area (Å²) in [5.41, 5.74) is 5.95. The van der Waals surface area contributed by atoms with Gasteiger partial charge in [0.2, 0.25) is 5.88 Å². The van der Waals surface area contributed by atoms with Crippen LogP contribution in [0.3, 0.4) is 0 Å². The van der Waals surface area contributed by atoms with Crippen molar-refractivity contribution < 1.29 is 18.7 Å². The lowest BCUT2D eigenvalue weighted by atomic mass is 10.2. The second kappa shape index (κ2) is 5.87. The van der Waals surface area contributed by atoms with E-state index in [4.69, 9.17) is 10.5 Å². The van der Waals surface area contributed by atoms with E-state index in [0.717, 1.165) is 0 Å². The molecule has 0 aliphatic rings. The summed E-state index contributed by atoms with van der Waals surface area (Å²) in [7, 11) is 1.24. The predicted molar refractivity (Wildman–Crippen MR) is 74.2 cm³/mol. The minimum absolute atomic E-state index is 0.00500. The van der Waals surface area contributed by atoms with Gasteiger partial charge in [-0.3, -0.25) is 0 Å². The smallest absolute Gasteiger partial charge is 0.340 e. The fourth-order valence-corrected chi connectivity index (χ4v) is 1.97. The van der Waals surface area contributed by atoms with Gasteiger partial charge in [-0.05, 0) is 18.2 Å². The van der Waals surface area contributed by atoms with Crippen LogP contribution in [0.1, 0.15) is 10.4 Å². The SMILES string of the molecule is COC(=O)c1ccnc(Oc2cc(F)cc(Br)c2)c1N. The first kappa shape index (κ1) is 14.3. The Morgan fingerprint density at radius 3 is 2.80 bits per heavy atom. The van der Waals surface area contributed by atoms with Gasteiger partial charge in [-0.15, -0.1) is 0 Å². The number of nitrogen functional groups attached to an aromatic ring is 1. The maximum absolute atomic E-state index is 13.3. The number of pyridine rings is 1. The molecule has 0 saturated carbocycles. The first-order valence-electron chi connectivity index (χ1n) is 5.48. The summed E-state index contributed by atoms with van der Waals surface area (Å²) in [5.74, 6) is -0.865. The maximum Gasteiger partial charge on any atom is 0.340 e. The molecule has 0 aliphatic heterocycles. The number of esters is 1. The number of ether oxygens (including phenoxy) is 2. The van der Waals surface area contributed by atoms with Gasteiger partial charge in [0.05, 0.1) is 12.7 Å².